The number of nitrogens with one attached hydrogen (secondary N) is 1. The molecule has 10 nitrogen and oxygen atoms in total. The first kappa shape index (κ1) is 26.3. The van der Waals surface area contributed by atoms with Gasteiger partial charge in [-0.1, -0.05) is 11.6 Å². The van der Waals surface area contributed by atoms with Crippen molar-refractivity contribution in [3.8, 4) is 17.5 Å². The van der Waals surface area contributed by atoms with E-state index in [0.717, 1.165) is 88.2 Å². The van der Waals surface area contributed by atoms with Crippen LogP contribution in [0.25, 0.3) is 11.6 Å². The monoisotopic (exact) mass is 550 g/mol. The number of methoxy groups -OCH3 is 1. The van der Waals surface area contributed by atoms with Crippen molar-refractivity contribution in [2.24, 2.45) is 0 Å². The van der Waals surface area contributed by atoms with Crippen molar-refractivity contribution in [2.45, 2.75) is 100 Å². The summed E-state index contributed by atoms with van der Waals surface area (Å²) in [6.07, 6.45) is 9.50. The number of ether oxygens (including phenoxy) is 2. The van der Waals surface area contributed by atoms with E-state index in [1.165, 1.54) is 12.8 Å². The van der Waals surface area contributed by atoms with Gasteiger partial charge in [0, 0.05) is 56.9 Å². The number of anilines is 1. The summed E-state index contributed by atoms with van der Waals surface area (Å²) in [5.74, 6) is 2.80. The number of nitrogens with zero attached hydrogens (tertiary/aromatic N) is 5. The lowest BCUT2D eigenvalue weighted by Gasteiger charge is -2.37. The number of Topliss-reactive ketones (excluding diaryl/α,β-unsaturated/α-hetero) is 1. The summed E-state index contributed by atoms with van der Waals surface area (Å²) in [5.41, 5.74) is 1.54. The van der Waals surface area contributed by atoms with Gasteiger partial charge in [0.2, 0.25) is 17.5 Å². The third-order valence-electron chi connectivity index (χ3n) is 10.3. The Bertz CT molecular complexity index is 1280. The van der Waals surface area contributed by atoms with E-state index in [9.17, 15) is 4.79 Å². The Morgan fingerprint density at radius 2 is 1.98 bits per heavy atom. The molecule has 1 N–H and O–H groups in total. The van der Waals surface area contributed by atoms with Crippen molar-refractivity contribution in [3.05, 3.63) is 17.3 Å². The quantitative estimate of drug-likeness (QED) is 0.576. The van der Waals surface area contributed by atoms with Crippen LogP contribution in [-0.4, -0.2) is 89.9 Å². The van der Waals surface area contributed by atoms with Crippen molar-refractivity contribution >= 4 is 11.6 Å². The highest BCUT2D eigenvalue weighted by Gasteiger charge is 2.48. The van der Waals surface area contributed by atoms with E-state index in [4.69, 9.17) is 24.0 Å². The molecule has 40 heavy (non-hydrogen) atoms. The molecule has 2 aromatic rings. The van der Waals surface area contributed by atoms with Crippen molar-refractivity contribution in [1.29, 1.82) is 0 Å². The molecule has 2 spiro atoms. The van der Waals surface area contributed by atoms with Crippen LogP contribution in [0.1, 0.15) is 76.0 Å². The number of hydrogen-bond acceptors (Lipinski definition) is 10. The first-order valence-electron chi connectivity index (χ1n) is 15.2. The number of likely N-dealkylation sites (tertiary alicyclic amines) is 1. The molecule has 0 radical (unpaired) electrons. The summed E-state index contributed by atoms with van der Waals surface area (Å²) >= 11 is 0. The van der Waals surface area contributed by atoms with Crippen LogP contribution in [0.15, 0.2) is 10.6 Å². The molecule has 2 saturated heterocycles. The molecule has 2 aliphatic heterocycles. The van der Waals surface area contributed by atoms with E-state index < -0.39 is 5.41 Å². The Morgan fingerprint density at radius 1 is 1.12 bits per heavy atom. The van der Waals surface area contributed by atoms with E-state index in [1.54, 1.807) is 7.11 Å². The largest absolute Gasteiger partial charge is 0.473 e. The van der Waals surface area contributed by atoms with Gasteiger partial charge >= 0.3 is 0 Å². The Kier molecular flexibility index (Phi) is 6.63. The van der Waals surface area contributed by atoms with E-state index in [-0.39, 0.29) is 23.8 Å². The summed E-state index contributed by atoms with van der Waals surface area (Å²) in [4.78, 5) is 27.9. The number of carbonyl (C=O) groups excluding carboxylic acids is 1. The maximum atomic E-state index is 13.2. The van der Waals surface area contributed by atoms with Crippen LogP contribution in [0.2, 0.25) is 0 Å². The third-order valence-corrected chi connectivity index (χ3v) is 10.3. The molecular formula is C30H42N6O4. The van der Waals surface area contributed by atoms with Crippen molar-refractivity contribution in [3.63, 3.8) is 0 Å². The number of hydrogen-bond donors (Lipinski definition) is 1. The van der Waals surface area contributed by atoms with Crippen molar-refractivity contribution in [1.82, 2.24) is 25.3 Å². The Morgan fingerprint density at radius 3 is 2.77 bits per heavy atom. The fourth-order valence-corrected chi connectivity index (χ4v) is 7.87. The van der Waals surface area contributed by atoms with Crippen LogP contribution in [0, 0.1) is 0 Å². The molecule has 0 bridgehead atoms. The average molecular weight is 551 g/mol. The van der Waals surface area contributed by atoms with Gasteiger partial charge in [0.05, 0.1) is 17.6 Å². The SMILES string of the molecule is CO[C@H]1CCN(C)[C@@H]1[C@H](C)Oc1cc(N2CCNC3(CC3)C2)nc(-c2onc3c2CCC[C@@]32CCCCC2=O)n1. The number of ketones is 1. The minimum atomic E-state index is -0.502. The molecule has 0 amide bonds. The third kappa shape index (κ3) is 4.43. The fraction of sp³-hybridized carbons (Fsp3) is 0.733. The maximum absolute atomic E-state index is 13.2. The van der Waals surface area contributed by atoms with Crippen LogP contribution in [-0.2, 0) is 21.4 Å². The molecule has 4 heterocycles. The summed E-state index contributed by atoms with van der Waals surface area (Å²) in [5, 5.41) is 8.25. The van der Waals surface area contributed by atoms with Gasteiger partial charge in [0.25, 0.3) is 0 Å². The zero-order valence-electron chi connectivity index (χ0n) is 24.1. The van der Waals surface area contributed by atoms with Gasteiger partial charge in [0.1, 0.15) is 23.4 Å². The highest BCUT2D eigenvalue weighted by Crippen LogP contribution is 2.47. The number of rotatable bonds is 6. The molecule has 7 rings (SSSR count). The second-order valence-electron chi connectivity index (χ2n) is 12.8. The first-order chi connectivity index (χ1) is 19.4. The molecule has 0 unspecified atom stereocenters. The maximum Gasteiger partial charge on any atom is 0.219 e. The molecule has 10 heteroatoms. The summed E-state index contributed by atoms with van der Waals surface area (Å²) in [6, 6.07) is 2.11. The van der Waals surface area contributed by atoms with Crippen LogP contribution in [0.3, 0.4) is 0 Å². The van der Waals surface area contributed by atoms with Crippen LogP contribution < -0.4 is 15.0 Å². The first-order valence-corrected chi connectivity index (χ1v) is 15.2. The minimum Gasteiger partial charge on any atom is -0.473 e. The van der Waals surface area contributed by atoms with Gasteiger partial charge in [-0.05, 0) is 65.3 Å². The highest BCUT2D eigenvalue weighted by molar-refractivity contribution is 5.91. The molecule has 2 aromatic heterocycles. The predicted octanol–water partition coefficient (Wildman–Crippen LogP) is 3.28. The fourth-order valence-electron chi connectivity index (χ4n) is 7.87. The van der Waals surface area contributed by atoms with E-state index in [2.05, 4.69) is 34.2 Å². The van der Waals surface area contributed by atoms with Crippen molar-refractivity contribution < 1.29 is 18.8 Å². The van der Waals surface area contributed by atoms with Gasteiger partial charge in [-0.3, -0.25) is 9.69 Å². The van der Waals surface area contributed by atoms with E-state index in [0.29, 0.717) is 29.7 Å². The van der Waals surface area contributed by atoms with E-state index >= 15 is 0 Å². The van der Waals surface area contributed by atoms with Crippen LogP contribution in [0.4, 0.5) is 5.82 Å². The van der Waals surface area contributed by atoms with Gasteiger partial charge in [0.15, 0.2) is 0 Å². The molecule has 5 aliphatic rings. The zero-order valence-corrected chi connectivity index (χ0v) is 24.1. The number of aromatic nitrogens is 3. The molecule has 0 aromatic carbocycles. The molecule has 3 aliphatic carbocycles. The molecule has 216 valence electrons. The Labute approximate surface area is 236 Å². The predicted molar refractivity (Wildman–Crippen MR) is 150 cm³/mol. The number of piperazine rings is 1. The zero-order chi connectivity index (χ0) is 27.5. The van der Waals surface area contributed by atoms with Crippen LogP contribution >= 0.6 is 0 Å². The Balaban J connectivity index is 1.26. The van der Waals surface area contributed by atoms with Crippen LogP contribution in [0.5, 0.6) is 5.88 Å². The molecule has 2 saturated carbocycles. The Hall–Kier alpha value is -2.56. The lowest BCUT2D eigenvalue weighted by atomic mass is 9.64. The van der Waals surface area contributed by atoms with E-state index in [1.807, 2.05) is 6.07 Å². The van der Waals surface area contributed by atoms with Crippen molar-refractivity contribution in [2.75, 3.05) is 45.2 Å². The summed E-state index contributed by atoms with van der Waals surface area (Å²) in [7, 11) is 3.90. The molecular weight excluding hydrogens is 508 g/mol. The topological polar surface area (TPSA) is 106 Å². The second-order valence-corrected chi connectivity index (χ2v) is 12.8. The second kappa shape index (κ2) is 10.1. The standard InChI is InChI=1S/C30H42N6O4/c1-19(25-21(38-3)9-15-35(25)2)39-24-17-23(36-16-14-31-29(18-36)12-13-29)32-28(33-24)26-20-7-6-11-30(27(20)34-40-26)10-5-4-8-22(30)37/h17,19,21,25,31H,4-16,18H2,1-3H3/t19-,21-,25+,30+/m0/s1. The summed E-state index contributed by atoms with van der Waals surface area (Å²) in [6.45, 7) is 5.79. The average Bonchev–Trinajstić information content (AvgIpc) is 3.37. The lowest BCUT2D eigenvalue weighted by Crippen LogP contribution is -2.52. The number of fused-ring (bicyclic) bond motifs is 2. The number of likely N-dealkylation sites (N-methyl/N-ethyl adjacent to an activating group) is 1. The normalized spacial score (nSPS) is 30.6. The number of carbonyl (C=O) groups is 1. The minimum absolute atomic E-state index is 0.120. The van der Waals surface area contributed by atoms with Gasteiger partial charge in [-0.25, -0.2) is 4.98 Å². The lowest BCUT2D eigenvalue weighted by molar-refractivity contribution is -0.127. The van der Waals surface area contributed by atoms with Gasteiger partial charge < -0.3 is 24.2 Å². The smallest absolute Gasteiger partial charge is 0.219 e. The summed E-state index contributed by atoms with van der Waals surface area (Å²) < 4.78 is 18.4. The molecule has 4 atom stereocenters. The van der Waals surface area contributed by atoms with Gasteiger partial charge in [-0.15, -0.1) is 0 Å². The van der Waals surface area contributed by atoms with Gasteiger partial charge in [-0.2, -0.15) is 4.98 Å². The molecule has 4 fully saturated rings. The highest BCUT2D eigenvalue weighted by atomic mass is 16.5.